The Bertz CT molecular complexity index is 469. The number of methoxy groups -OCH3 is 1. The molecule has 0 spiro atoms. The van der Waals surface area contributed by atoms with Gasteiger partial charge in [-0.2, -0.15) is 8.42 Å². The molecule has 0 aliphatic rings. The lowest BCUT2D eigenvalue weighted by atomic mass is 10.3. The number of rotatable bonds is 3. The molecule has 0 heterocycles. The molecule has 1 rings (SSSR count). The van der Waals surface area contributed by atoms with Crippen molar-refractivity contribution in [1.82, 2.24) is 0 Å². The Balaban J connectivity index is 2.72. The third kappa shape index (κ3) is 4.15. The minimum atomic E-state index is -3.78. The van der Waals surface area contributed by atoms with Gasteiger partial charge >= 0.3 is 6.09 Å². The first kappa shape index (κ1) is 12.3. The zero-order chi connectivity index (χ0) is 12.2. The van der Waals surface area contributed by atoms with Gasteiger partial charge in [-0.1, -0.05) is 0 Å². The predicted octanol–water partition coefficient (Wildman–Crippen LogP) is 0.480. The van der Waals surface area contributed by atoms with Crippen LogP contribution in [0.4, 0.5) is 16.2 Å². The zero-order valence-electron chi connectivity index (χ0n) is 8.43. The van der Waals surface area contributed by atoms with Crippen molar-refractivity contribution in [3.8, 4) is 0 Å². The standard InChI is InChI=1S/C8H11N3O4S/c1-15-8(12)10-6-2-4-7(5-3-6)11-16(9,13)14/h2-5,11H,1H3,(H,10,12)(H2,9,13,14). The molecule has 0 bridgehead atoms. The van der Waals surface area contributed by atoms with Crippen molar-refractivity contribution >= 4 is 27.7 Å². The van der Waals surface area contributed by atoms with Gasteiger partial charge in [0, 0.05) is 11.4 Å². The van der Waals surface area contributed by atoms with E-state index in [0.717, 1.165) is 0 Å². The van der Waals surface area contributed by atoms with E-state index in [1.165, 1.54) is 31.4 Å². The van der Waals surface area contributed by atoms with Gasteiger partial charge in [0.2, 0.25) is 0 Å². The van der Waals surface area contributed by atoms with E-state index >= 15 is 0 Å². The maximum absolute atomic E-state index is 10.8. The maximum atomic E-state index is 10.8. The van der Waals surface area contributed by atoms with Crippen LogP contribution in [0.25, 0.3) is 0 Å². The molecule has 1 aromatic carbocycles. The molecule has 4 N–H and O–H groups in total. The highest BCUT2D eigenvalue weighted by molar-refractivity contribution is 7.90. The number of hydrogen-bond donors (Lipinski definition) is 3. The van der Waals surface area contributed by atoms with E-state index < -0.39 is 16.3 Å². The zero-order valence-corrected chi connectivity index (χ0v) is 9.24. The second-order valence-electron chi connectivity index (χ2n) is 2.84. The van der Waals surface area contributed by atoms with Crippen molar-refractivity contribution in [3.05, 3.63) is 24.3 Å². The number of ether oxygens (including phenoxy) is 1. The largest absolute Gasteiger partial charge is 0.453 e. The topological polar surface area (TPSA) is 111 Å². The first-order valence-electron chi connectivity index (χ1n) is 4.16. The Hall–Kier alpha value is -1.80. The molecule has 0 aromatic heterocycles. The van der Waals surface area contributed by atoms with Crippen LogP contribution in [-0.2, 0) is 14.9 Å². The lowest BCUT2D eigenvalue weighted by molar-refractivity contribution is 0.187. The summed E-state index contributed by atoms with van der Waals surface area (Å²) in [7, 11) is -2.54. The normalized spacial score (nSPS) is 10.6. The number of amides is 1. The fourth-order valence-electron chi connectivity index (χ4n) is 0.955. The second kappa shape index (κ2) is 4.81. The molecule has 7 nitrogen and oxygen atoms in total. The lowest BCUT2D eigenvalue weighted by Gasteiger charge is -2.06. The van der Waals surface area contributed by atoms with Gasteiger partial charge < -0.3 is 4.74 Å². The smallest absolute Gasteiger partial charge is 0.411 e. The van der Waals surface area contributed by atoms with E-state index in [2.05, 4.69) is 14.8 Å². The van der Waals surface area contributed by atoms with Crippen LogP contribution >= 0.6 is 0 Å². The molecule has 0 atom stereocenters. The summed E-state index contributed by atoms with van der Waals surface area (Å²) in [6.07, 6.45) is -0.604. The van der Waals surface area contributed by atoms with Crippen molar-refractivity contribution in [2.45, 2.75) is 0 Å². The minimum Gasteiger partial charge on any atom is -0.453 e. The summed E-state index contributed by atoms with van der Waals surface area (Å²) in [6, 6.07) is 5.92. The highest BCUT2D eigenvalue weighted by Crippen LogP contribution is 2.14. The Morgan fingerprint density at radius 1 is 1.25 bits per heavy atom. The fourth-order valence-corrected chi connectivity index (χ4v) is 1.42. The van der Waals surface area contributed by atoms with E-state index in [1.54, 1.807) is 0 Å². The molecule has 88 valence electrons. The lowest BCUT2D eigenvalue weighted by Crippen LogP contribution is -2.21. The third-order valence-corrected chi connectivity index (χ3v) is 2.10. The highest BCUT2D eigenvalue weighted by Gasteiger charge is 2.03. The van der Waals surface area contributed by atoms with E-state index in [0.29, 0.717) is 11.4 Å². The molecule has 16 heavy (non-hydrogen) atoms. The average Bonchev–Trinajstić information content (AvgIpc) is 2.18. The van der Waals surface area contributed by atoms with Gasteiger partial charge in [-0.25, -0.2) is 9.93 Å². The van der Waals surface area contributed by atoms with Gasteiger partial charge in [-0.05, 0) is 24.3 Å². The van der Waals surface area contributed by atoms with Gasteiger partial charge in [-0.15, -0.1) is 0 Å². The second-order valence-corrected chi connectivity index (χ2v) is 4.14. The van der Waals surface area contributed by atoms with Crippen molar-refractivity contribution < 1.29 is 17.9 Å². The van der Waals surface area contributed by atoms with Crippen molar-refractivity contribution in [2.24, 2.45) is 5.14 Å². The first-order chi connectivity index (χ1) is 7.40. The molecule has 0 fully saturated rings. The van der Waals surface area contributed by atoms with Crippen LogP contribution in [-0.4, -0.2) is 21.6 Å². The predicted molar refractivity (Wildman–Crippen MR) is 59.2 cm³/mol. The Kier molecular flexibility index (Phi) is 3.69. The molecular weight excluding hydrogens is 234 g/mol. The van der Waals surface area contributed by atoms with Crippen molar-refractivity contribution in [3.63, 3.8) is 0 Å². The van der Waals surface area contributed by atoms with E-state index in [1.807, 2.05) is 0 Å². The number of nitrogens with two attached hydrogens (primary N) is 1. The van der Waals surface area contributed by atoms with Crippen LogP contribution in [0.1, 0.15) is 0 Å². The summed E-state index contributed by atoms with van der Waals surface area (Å²) in [4.78, 5) is 10.8. The molecular formula is C8H11N3O4S. The van der Waals surface area contributed by atoms with Crippen LogP contribution in [0.2, 0.25) is 0 Å². The van der Waals surface area contributed by atoms with Crippen LogP contribution in [0, 0.1) is 0 Å². The third-order valence-electron chi connectivity index (χ3n) is 1.58. The molecule has 0 saturated heterocycles. The minimum absolute atomic E-state index is 0.304. The first-order valence-corrected chi connectivity index (χ1v) is 5.71. The van der Waals surface area contributed by atoms with Gasteiger partial charge in [0.15, 0.2) is 0 Å². The summed E-state index contributed by atoms with van der Waals surface area (Å²) < 4.78 is 27.8. The van der Waals surface area contributed by atoms with E-state index in [-0.39, 0.29) is 0 Å². The van der Waals surface area contributed by atoms with Crippen LogP contribution in [0.15, 0.2) is 24.3 Å². The van der Waals surface area contributed by atoms with Crippen LogP contribution in [0.3, 0.4) is 0 Å². The Labute approximate surface area is 92.8 Å². The number of carbonyl (C=O) groups is 1. The number of hydrogen-bond acceptors (Lipinski definition) is 4. The molecule has 0 aliphatic carbocycles. The fraction of sp³-hybridized carbons (Fsp3) is 0.125. The van der Waals surface area contributed by atoms with Crippen molar-refractivity contribution in [1.29, 1.82) is 0 Å². The summed E-state index contributed by atoms with van der Waals surface area (Å²) in [5, 5.41) is 7.19. The number of carbonyl (C=O) groups excluding carboxylic acids is 1. The molecule has 0 aliphatic heterocycles. The molecule has 1 amide bonds. The molecule has 0 saturated carbocycles. The molecule has 0 radical (unpaired) electrons. The van der Waals surface area contributed by atoms with E-state index in [4.69, 9.17) is 5.14 Å². The van der Waals surface area contributed by atoms with Crippen LogP contribution < -0.4 is 15.2 Å². The number of nitrogens with one attached hydrogen (secondary N) is 2. The summed E-state index contributed by atoms with van der Waals surface area (Å²) in [6.45, 7) is 0. The van der Waals surface area contributed by atoms with Crippen LogP contribution in [0.5, 0.6) is 0 Å². The van der Waals surface area contributed by atoms with Gasteiger partial charge in [0.1, 0.15) is 0 Å². The van der Waals surface area contributed by atoms with Gasteiger partial charge in [-0.3, -0.25) is 10.0 Å². The summed E-state index contributed by atoms with van der Waals surface area (Å²) >= 11 is 0. The molecule has 0 unspecified atom stereocenters. The summed E-state index contributed by atoms with van der Waals surface area (Å²) in [5.41, 5.74) is 0.782. The number of anilines is 2. The highest BCUT2D eigenvalue weighted by atomic mass is 32.2. The average molecular weight is 245 g/mol. The summed E-state index contributed by atoms with van der Waals surface area (Å²) in [5.74, 6) is 0. The molecule has 1 aromatic rings. The number of benzene rings is 1. The quantitative estimate of drug-likeness (QED) is 0.719. The van der Waals surface area contributed by atoms with Gasteiger partial charge in [0.05, 0.1) is 7.11 Å². The van der Waals surface area contributed by atoms with E-state index in [9.17, 15) is 13.2 Å². The molecule has 8 heteroatoms. The van der Waals surface area contributed by atoms with Gasteiger partial charge in [0.25, 0.3) is 10.2 Å². The maximum Gasteiger partial charge on any atom is 0.411 e. The monoisotopic (exact) mass is 245 g/mol. The Morgan fingerprint density at radius 2 is 1.75 bits per heavy atom. The van der Waals surface area contributed by atoms with Crippen molar-refractivity contribution in [2.75, 3.05) is 17.1 Å². The Morgan fingerprint density at radius 3 is 2.19 bits per heavy atom. The SMILES string of the molecule is COC(=O)Nc1ccc(NS(N)(=O)=O)cc1.